The third-order valence-corrected chi connectivity index (χ3v) is 4.70. The number of aryl methyl sites for hydroxylation is 2. The van der Waals surface area contributed by atoms with Crippen molar-refractivity contribution < 1.29 is 4.52 Å². The quantitative estimate of drug-likeness (QED) is 0.849. The molecular formula is C18H24N2O. The largest absolute Gasteiger partial charge is 0.368 e. The van der Waals surface area contributed by atoms with Gasteiger partial charge in [-0.1, -0.05) is 22.9 Å². The van der Waals surface area contributed by atoms with Crippen LogP contribution in [0.3, 0.4) is 0 Å². The van der Waals surface area contributed by atoms with Crippen molar-refractivity contribution in [2.45, 2.75) is 46.5 Å². The summed E-state index contributed by atoms with van der Waals surface area (Å²) in [6.07, 6.45) is 3.98. The van der Waals surface area contributed by atoms with E-state index in [0.717, 1.165) is 31.6 Å². The van der Waals surface area contributed by atoms with Gasteiger partial charge in [0.15, 0.2) is 0 Å². The second-order valence-electron chi connectivity index (χ2n) is 6.08. The summed E-state index contributed by atoms with van der Waals surface area (Å²) in [7, 11) is 0. The average molecular weight is 284 g/mol. The molecule has 3 nitrogen and oxygen atoms in total. The van der Waals surface area contributed by atoms with Gasteiger partial charge in [0.25, 0.3) is 0 Å². The Kier molecular flexibility index (Phi) is 3.75. The van der Waals surface area contributed by atoms with Crippen LogP contribution < -0.4 is 4.90 Å². The van der Waals surface area contributed by atoms with Crippen LogP contribution in [0.2, 0.25) is 0 Å². The summed E-state index contributed by atoms with van der Waals surface area (Å²) in [6, 6.07) is 4.62. The first-order chi connectivity index (χ1) is 10.1. The molecule has 2 aromatic rings. The molecule has 21 heavy (non-hydrogen) atoms. The number of benzene rings is 1. The van der Waals surface area contributed by atoms with Gasteiger partial charge in [-0.05, 0) is 57.2 Å². The van der Waals surface area contributed by atoms with E-state index in [1.807, 2.05) is 6.26 Å². The summed E-state index contributed by atoms with van der Waals surface area (Å²) < 4.78 is 5.30. The molecule has 112 valence electrons. The third-order valence-electron chi connectivity index (χ3n) is 4.70. The van der Waals surface area contributed by atoms with Gasteiger partial charge in [-0.25, -0.2) is 0 Å². The molecule has 0 saturated heterocycles. The number of aromatic nitrogens is 1. The van der Waals surface area contributed by atoms with E-state index in [4.69, 9.17) is 4.52 Å². The Labute approximate surface area is 126 Å². The predicted octanol–water partition coefficient (Wildman–Crippen LogP) is 4.02. The second kappa shape index (κ2) is 5.55. The van der Waals surface area contributed by atoms with Gasteiger partial charge < -0.3 is 9.42 Å². The third kappa shape index (κ3) is 2.45. The van der Waals surface area contributed by atoms with Crippen LogP contribution in [0.25, 0.3) is 0 Å². The normalized spacial score (nSPS) is 17.0. The van der Waals surface area contributed by atoms with E-state index >= 15 is 0 Å². The summed E-state index contributed by atoms with van der Waals surface area (Å²) in [6.45, 7) is 10.7. The molecule has 1 aliphatic rings. The van der Waals surface area contributed by atoms with Crippen molar-refractivity contribution in [3.8, 4) is 0 Å². The minimum absolute atomic E-state index is 0.454. The van der Waals surface area contributed by atoms with Crippen LogP contribution in [-0.4, -0.2) is 18.2 Å². The Morgan fingerprint density at radius 3 is 2.67 bits per heavy atom. The molecule has 0 N–H and O–H groups in total. The van der Waals surface area contributed by atoms with E-state index in [1.54, 1.807) is 0 Å². The van der Waals surface area contributed by atoms with Crippen LogP contribution in [-0.2, 0) is 12.8 Å². The highest BCUT2D eigenvalue weighted by Gasteiger charge is 2.29. The fourth-order valence-corrected chi connectivity index (χ4v) is 3.66. The zero-order chi connectivity index (χ0) is 15.0. The molecule has 1 atom stereocenters. The number of rotatable bonds is 4. The second-order valence-corrected chi connectivity index (χ2v) is 6.08. The molecule has 1 aromatic heterocycles. The first-order valence-corrected chi connectivity index (χ1v) is 7.92. The monoisotopic (exact) mass is 284 g/mol. The van der Waals surface area contributed by atoms with Gasteiger partial charge in [0, 0.05) is 19.0 Å². The minimum Gasteiger partial charge on any atom is -0.368 e. The number of hydrogen-bond acceptors (Lipinski definition) is 3. The van der Waals surface area contributed by atoms with Crippen LogP contribution >= 0.6 is 0 Å². The smallest absolute Gasteiger partial charge is 0.147 e. The molecule has 1 unspecified atom stereocenters. The molecule has 1 aromatic carbocycles. The maximum atomic E-state index is 5.30. The van der Waals surface area contributed by atoms with E-state index in [0.29, 0.717) is 5.92 Å². The first kappa shape index (κ1) is 14.2. The maximum Gasteiger partial charge on any atom is 0.147 e. The topological polar surface area (TPSA) is 29.3 Å². The van der Waals surface area contributed by atoms with Crippen molar-refractivity contribution in [1.29, 1.82) is 0 Å². The van der Waals surface area contributed by atoms with Crippen LogP contribution in [0.15, 0.2) is 22.9 Å². The van der Waals surface area contributed by atoms with Crippen LogP contribution in [0.4, 0.5) is 5.69 Å². The molecule has 3 rings (SSSR count). The Balaban J connectivity index is 1.92. The van der Waals surface area contributed by atoms with Crippen molar-refractivity contribution in [3.05, 3.63) is 46.3 Å². The van der Waals surface area contributed by atoms with E-state index in [2.05, 4.69) is 49.9 Å². The molecule has 0 saturated carbocycles. The van der Waals surface area contributed by atoms with E-state index in [-0.39, 0.29) is 0 Å². The zero-order valence-corrected chi connectivity index (χ0v) is 13.4. The van der Waals surface area contributed by atoms with Gasteiger partial charge in [0.05, 0.1) is 0 Å². The van der Waals surface area contributed by atoms with Crippen LogP contribution in [0.5, 0.6) is 0 Å². The summed E-state index contributed by atoms with van der Waals surface area (Å²) >= 11 is 0. The summed E-state index contributed by atoms with van der Waals surface area (Å²) in [5.41, 5.74) is 8.08. The van der Waals surface area contributed by atoms with Gasteiger partial charge in [0.1, 0.15) is 17.6 Å². The predicted molar refractivity (Wildman–Crippen MR) is 86.1 cm³/mol. The lowest BCUT2D eigenvalue weighted by Crippen LogP contribution is -2.23. The molecule has 1 aliphatic carbocycles. The molecule has 1 heterocycles. The number of anilines is 1. The van der Waals surface area contributed by atoms with Gasteiger partial charge in [0.2, 0.25) is 0 Å². The molecule has 0 bridgehead atoms. The molecule has 0 aliphatic heterocycles. The van der Waals surface area contributed by atoms with Crippen molar-refractivity contribution in [2.24, 2.45) is 0 Å². The maximum absolute atomic E-state index is 5.30. The Morgan fingerprint density at radius 1 is 1.19 bits per heavy atom. The SMILES string of the molecule is CCN(CC)c1conc1C1Cc2cc(C)cc(C)c2C1. The highest BCUT2D eigenvalue weighted by Crippen LogP contribution is 2.39. The van der Waals surface area contributed by atoms with E-state index in [9.17, 15) is 0 Å². The molecule has 3 heteroatoms. The van der Waals surface area contributed by atoms with Gasteiger partial charge >= 0.3 is 0 Å². The average Bonchev–Trinajstić information content (AvgIpc) is 3.06. The summed E-state index contributed by atoms with van der Waals surface area (Å²) in [5, 5.41) is 4.33. The van der Waals surface area contributed by atoms with E-state index < -0.39 is 0 Å². The summed E-state index contributed by atoms with van der Waals surface area (Å²) in [4.78, 5) is 2.33. The summed E-state index contributed by atoms with van der Waals surface area (Å²) in [5.74, 6) is 0.454. The van der Waals surface area contributed by atoms with Crippen LogP contribution in [0.1, 0.15) is 47.7 Å². The molecule has 0 fully saturated rings. The van der Waals surface area contributed by atoms with E-state index in [1.165, 1.54) is 27.9 Å². The molecular weight excluding hydrogens is 260 g/mol. The number of fused-ring (bicyclic) bond motifs is 1. The van der Waals surface area contributed by atoms with Gasteiger partial charge in [-0.3, -0.25) is 0 Å². The minimum atomic E-state index is 0.454. The van der Waals surface area contributed by atoms with Crippen molar-refractivity contribution >= 4 is 5.69 Å². The van der Waals surface area contributed by atoms with Gasteiger partial charge in [-0.2, -0.15) is 0 Å². The first-order valence-electron chi connectivity index (χ1n) is 7.92. The van der Waals surface area contributed by atoms with Gasteiger partial charge in [-0.15, -0.1) is 0 Å². The zero-order valence-electron chi connectivity index (χ0n) is 13.4. The molecule has 0 spiro atoms. The fraction of sp³-hybridized carbons (Fsp3) is 0.500. The number of hydrogen-bond donors (Lipinski definition) is 0. The lowest BCUT2D eigenvalue weighted by Gasteiger charge is -2.21. The van der Waals surface area contributed by atoms with Crippen LogP contribution in [0, 0.1) is 13.8 Å². The standard InChI is InChI=1S/C18H24N2O/c1-5-20(6-2)17-11-21-19-18(17)15-9-14-8-12(3)7-13(4)16(14)10-15/h7-8,11,15H,5-6,9-10H2,1-4H3. The lowest BCUT2D eigenvalue weighted by molar-refractivity contribution is 0.405. The fourth-order valence-electron chi connectivity index (χ4n) is 3.66. The Morgan fingerprint density at radius 2 is 1.95 bits per heavy atom. The highest BCUT2D eigenvalue weighted by molar-refractivity contribution is 5.53. The number of nitrogens with zero attached hydrogens (tertiary/aromatic N) is 2. The Bertz CT molecular complexity index is 641. The van der Waals surface area contributed by atoms with Crippen molar-refractivity contribution in [2.75, 3.05) is 18.0 Å². The lowest BCUT2D eigenvalue weighted by atomic mass is 10.00. The molecule has 0 radical (unpaired) electrons. The molecule has 0 amide bonds. The van der Waals surface area contributed by atoms with Crippen molar-refractivity contribution in [1.82, 2.24) is 5.16 Å². The van der Waals surface area contributed by atoms with Crippen molar-refractivity contribution in [3.63, 3.8) is 0 Å². The highest BCUT2D eigenvalue weighted by atomic mass is 16.5. The Hall–Kier alpha value is -1.77.